The Morgan fingerprint density at radius 3 is 2.53 bits per heavy atom. The number of methoxy groups -OCH3 is 1. The lowest BCUT2D eigenvalue weighted by molar-refractivity contribution is -0.122. The lowest BCUT2D eigenvalue weighted by atomic mass is 10.1. The second kappa shape index (κ2) is 7.81. The zero-order chi connectivity index (χ0) is 12.5. The topological polar surface area (TPSA) is 64.3 Å². The molecule has 0 saturated heterocycles. The Labute approximate surface area is 102 Å². The summed E-state index contributed by atoms with van der Waals surface area (Å²) in [6.07, 6.45) is 1.29. The maximum absolute atomic E-state index is 11.3. The summed E-state index contributed by atoms with van der Waals surface area (Å²) in [6, 6.07) is 8.12. The SMILES string of the molecule is COCCC(=O)NCc1ccc(CCN)cc1. The summed E-state index contributed by atoms with van der Waals surface area (Å²) >= 11 is 0. The molecule has 0 saturated carbocycles. The number of rotatable bonds is 7. The second-order valence-electron chi connectivity index (χ2n) is 3.87. The van der Waals surface area contributed by atoms with Crippen LogP contribution in [0.3, 0.4) is 0 Å². The molecular weight excluding hydrogens is 216 g/mol. The molecule has 0 aliphatic heterocycles. The summed E-state index contributed by atoms with van der Waals surface area (Å²) in [6.45, 7) is 1.68. The first-order valence-corrected chi connectivity index (χ1v) is 5.79. The summed E-state index contributed by atoms with van der Waals surface area (Å²) in [7, 11) is 1.59. The zero-order valence-corrected chi connectivity index (χ0v) is 10.2. The predicted octanol–water partition coefficient (Wildman–Crippen LogP) is 0.841. The molecule has 1 rings (SSSR count). The van der Waals surface area contributed by atoms with Gasteiger partial charge < -0.3 is 15.8 Å². The van der Waals surface area contributed by atoms with Gasteiger partial charge in [0, 0.05) is 20.1 Å². The summed E-state index contributed by atoms with van der Waals surface area (Å²) in [4.78, 5) is 11.3. The van der Waals surface area contributed by atoms with Crippen molar-refractivity contribution in [2.45, 2.75) is 19.4 Å². The molecule has 3 N–H and O–H groups in total. The van der Waals surface area contributed by atoms with Crippen molar-refractivity contribution in [1.82, 2.24) is 5.32 Å². The molecule has 0 radical (unpaired) electrons. The average Bonchev–Trinajstić information content (AvgIpc) is 2.36. The molecule has 0 bridgehead atoms. The number of hydrogen-bond donors (Lipinski definition) is 2. The molecule has 0 spiro atoms. The lowest BCUT2D eigenvalue weighted by Crippen LogP contribution is -2.23. The fourth-order valence-electron chi connectivity index (χ4n) is 1.47. The van der Waals surface area contributed by atoms with E-state index in [2.05, 4.69) is 5.32 Å². The van der Waals surface area contributed by atoms with Gasteiger partial charge in [0.25, 0.3) is 0 Å². The van der Waals surface area contributed by atoms with Crippen LogP contribution in [-0.2, 0) is 22.5 Å². The first-order valence-electron chi connectivity index (χ1n) is 5.79. The van der Waals surface area contributed by atoms with Gasteiger partial charge in [-0.1, -0.05) is 24.3 Å². The Morgan fingerprint density at radius 1 is 1.29 bits per heavy atom. The van der Waals surface area contributed by atoms with Crippen LogP contribution in [0.25, 0.3) is 0 Å². The standard InChI is InChI=1S/C13H20N2O2/c1-17-9-7-13(16)15-10-12-4-2-11(3-5-12)6-8-14/h2-5H,6-10,14H2,1H3,(H,15,16). The van der Waals surface area contributed by atoms with E-state index in [9.17, 15) is 4.79 Å². The Bertz CT molecular complexity index is 336. The van der Waals surface area contributed by atoms with Crippen molar-refractivity contribution in [3.63, 3.8) is 0 Å². The van der Waals surface area contributed by atoms with Gasteiger partial charge in [0.1, 0.15) is 0 Å². The molecule has 0 aliphatic rings. The molecule has 0 atom stereocenters. The van der Waals surface area contributed by atoms with Gasteiger partial charge in [-0.05, 0) is 24.1 Å². The molecule has 4 nitrogen and oxygen atoms in total. The monoisotopic (exact) mass is 236 g/mol. The van der Waals surface area contributed by atoms with E-state index >= 15 is 0 Å². The van der Waals surface area contributed by atoms with Crippen LogP contribution >= 0.6 is 0 Å². The minimum atomic E-state index is 0.0119. The highest BCUT2D eigenvalue weighted by Crippen LogP contribution is 2.04. The smallest absolute Gasteiger partial charge is 0.222 e. The van der Waals surface area contributed by atoms with Crippen LogP contribution in [-0.4, -0.2) is 26.2 Å². The molecule has 0 heterocycles. The molecule has 94 valence electrons. The van der Waals surface area contributed by atoms with Gasteiger partial charge in [-0.25, -0.2) is 0 Å². The van der Waals surface area contributed by atoms with E-state index in [0.29, 0.717) is 26.1 Å². The Kier molecular flexibility index (Phi) is 6.29. The van der Waals surface area contributed by atoms with Gasteiger partial charge in [-0.2, -0.15) is 0 Å². The third kappa shape index (κ3) is 5.47. The van der Waals surface area contributed by atoms with Crippen molar-refractivity contribution in [1.29, 1.82) is 0 Å². The van der Waals surface area contributed by atoms with E-state index in [1.54, 1.807) is 7.11 Å². The maximum atomic E-state index is 11.3. The zero-order valence-electron chi connectivity index (χ0n) is 10.2. The van der Waals surface area contributed by atoms with Gasteiger partial charge in [-0.15, -0.1) is 0 Å². The number of ether oxygens (including phenoxy) is 1. The Hall–Kier alpha value is -1.39. The van der Waals surface area contributed by atoms with Crippen molar-refractivity contribution >= 4 is 5.91 Å². The third-order valence-corrected chi connectivity index (χ3v) is 2.48. The van der Waals surface area contributed by atoms with E-state index in [0.717, 1.165) is 12.0 Å². The summed E-state index contributed by atoms with van der Waals surface area (Å²) < 4.78 is 4.83. The van der Waals surface area contributed by atoms with Crippen molar-refractivity contribution in [3.05, 3.63) is 35.4 Å². The van der Waals surface area contributed by atoms with E-state index < -0.39 is 0 Å². The van der Waals surface area contributed by atoms with E-state index in [1.165, 1.54) is 5.56 Å². The molecule has 0 fully saturated rings. The van der Waals surface area contributed by atoms with E-state index in [-0.39, 0.29) is 5.91 Å². The van der Waals surface area contributed by atoms with Gasteiger partial charge in [0.2, 0.25) is 5.91 Å². The Balaban J connectivity index is 2.34. The van der Waals surface area contributed by atoms with E-state index in [4.69, 9.17) is 10.5 Å². The fourth-order valence-corrected chi connectivity index (χ4v) is 1.47. The largest absolute Gasteiger partial charge is 0.384 e. The fraction of sp³-hybridized carbons (Fsp3) is 0.462. The molecule has 0 unspecified atom stereocenters. The number of nitrogens with two attached hydrogens (primary N) is 1. The van der Waals surface area contributed by atoms with Crippen molar-refractivity contribution in [2.24, 2.45) is 5.73 Å². The highest BCUT2D eigenvalue weighted by atomic mass is 16.5. The van der Waals surface area contributed by atoms with Crippen molar-refractivity contribution in [3.8, 4) is 0 Å². The third-order valence-electron chi connectivity index (χ3n) is 2.48. The summed E-state index contributed by atoms with van der Waals surface area (Å²) in [5, 5.41) is 2.84. The molecule has 1 amide bonds. The molecule has 17 heavy (non-hydrogen) atoms. The van der Waals surface area contributed by atoms with Gasteiger partial charge in [0.05, 0.1) is 6.61 Å². The molecule has 0 aromatic heterocycles. The van der Waals surface area contributed by atoms with Crippen LogP contribution in [0.2, 0.25) is 0 Å². The summed E-state index contributed by atoms with van der Waals surface area (Å²) in [5.41, 5.74) is 7.79. The van der Waals surface area contributed by atoms with Crippen molar-refractivity contribution < 1.29 is 9.53 Å². The highest BCUT2D eigenvalue weighted by molar-refractivity contribution is 5.75. The Morgan fingerprint density at radius 2 is 1.94 bits per heavy atom. The maximum Gasteiger partial charge on any atom is 0.222 e. The predicted molar refractivity (Wildman–Crippen MR) is 67.5 cm³/mol. The van der Waals surface area contributed by atoms with Gasteiger partial charge in [-0.3, -0.25) is 4.79 Å². The minimum Gasteiger partial charge on any atom is -0.384 e. The molecule has 0 aliphatic carbocycles. The number of amides is 1. The normalized spacial score (nSPS) is 10.2. The number of hydrogen-bond acceptors (Lipinski definition) is 3. The molecule has 4 heteroatoms. The lowest BCUT2D eigenvalue weighted by Gasteiger charge is -2.06. The summed E-state index contributed by atoms with van der Waals surface area (Å²) in [5.74, 6) is 0.0119. The number of benzene rings is 1. The van der Waals surface area contributed by atoms with E-state index in [1.807, 2.05) is 24.3 Å². The van der Waals surface area contributed by atoms with Crippen LogP contribution in [0.1, 0.15) is 17.5 Å². The first-order chi connectivity index (χ1) is 8.26. The van der Waals surface area contributed by atoms with Crippen LogP contribution in [0, 0.1) is 0 Å². The number of carbonyl (C=O) groups excluding carboxylic acids is 1. The van der Waals surface area contributed by atoms with Crippen LogP contribution < -0.4 is 11.1 Å². The minimum absolute atomic E-state index is 0.0119. The average molecular weight is 236 g/mol. The second-order valence-corrected chi connectivity index (χ2v) is 3.87. The van der Waals surface area contributed by atoms with Gasteiger partial charge in [0.15, 0.2) is 0 Å². The quantitative estimate of drug-likeness (QED) is 0.737. The number of nitrogens with one attached hydrogen (secondary N) is 1. The van der Waals surface area contributed by atoms with Crippen molar-refractivity contribution in [2.75, 3.05) is 20.3 Å². The van der Waals surface area contributed by atoms with Crippen LogP contribution in [0.15, 0.2) is 24.3 Å². The molecule has 1 aromatic carbocycles. The highest BCUT2D eigenvalue weighted by Gasteiger charge is 2.00. The number of carbonyl (C=O) groups is 1. The molecule has 1 aromatic rings. The molecular formula is C13H20N2O2. The van der Waals surface area contributed by atoms with Gasteiger partial charge >= 0.3 is 0 Å². The van der Waals surface area contributed by atoms with Crippen LogP contribution in [0.5, 0.6) is 0 Å². The van der Waals surface area contributed by atoms with Crippen LogP contribution in [0.4, 0.5) is 0 Å². The first kappa shape index (κ1) is 13.7.